The quantitative estimate of drug-likeness (QED) is 0.778. The van der Waals surface area contributed by atoms with Crippen LogP contribution >= 0.6 is 0 Å². The highest BCUT2D eigenvalue weighted by Gasteiger charge is 2.36. The molecule has 116 valence electrons. The molecule has 1 N–H and O–H groups in total. The van der Waals surface area contributed by atoms with Crippen molar-refractivity contribution >= 4 is 16.1 Å². The maximum absolute atomic E-state index is 12.1. The SMILES string of the molecule is CN(C)S(=O)(=O)NC1CC(=O)N(C2CCCCCC2)C1. The molecule has 1 saturated heterocycles. The van der Waals surface area contributed by atoms with E-state index >= 15 is 0 Å². The highest BCUT2D eigenvalue weighted by molar-refractivity contribution is 7.87. The molecule has 1 amide bonds. The van der Waals surface area contributed by atoms with Crippen molar-refractivity contribution < 1.29 is 13.2 Å². The molecule has 1 saturated carbocycles. The van der Waals surface area contributed by atoms with Crippen molar-refractivity contribution in [1.29, 1.82) is 0 Å². The molecule has 1 aliphatic carbocycles. The van der Waals surface area contributed by atoms with Crippen molar-refractivity contribution in [2.75, 3.05) is 20.6 Å². The summed E-state index contributed by atoms with van der Waals surface area (Å²) < 4.78 is 27.4. The summed E-state index contributed by atoms with van der Waals surface area (Å²) >= 11 is 0. The van der Waals surface area contributed by atoms with E-state index in [2.05, 4.69) is 4.72 Å². The van der Waals surface area contributed by atoms with Crippen LogP contribution in [0.2, 0.25) is 0 Å². The molecule has 1 atom stereocenters. The molecule has 1 aliphatic heterocycles. The van der Waals surface area contributed by atoms with Crippen molar-refractivity contribution in [3.05, 3.63) is 0 Å². The third-order valence-electron chi connectivity index (χ3n) is 4.22. The second-order valence-corrected chi connectivity index (χ2v) is 7.91. The van der Waals surface area contributed by atoms with Gasteiger partial charge in [-0.15, -0.1) is 0 Å². The van der Waals surface area contributed by atoms with Crippen LogP contribution < -0.4 is 4.72 Å². The summed E-state index contributed by atoms with van der Waals surface area (Å²) in [6.45, 7) is 0.510. The zero-order chi connectivity index (χ0) is 14.8. The lowest BCUT2D eigenvalue weighted by molar-refractivity contribution is -0.129. The number of hydrogen-bond acceptors (Lipinski definition) is 3. The second kappa shape index (κ2) is 6.41. The molecular formula is C13H25N3O3S. The first kappa shape index (κ1) is 15.7. The Labute approximate surface area is 121 Å². The van der Waals surface area contributed by atoms with Gasteiger partial charge < -0.3 is 4.90 Å². The van der Waals surface area contributed by atoms with Crippen molar-refractivity contribution in [3.63, 3.8) is 0 Å². The molecule has 0 radical (unpaired) electrons. The Balaban J connectivity index is 1.96. The average molecular weight is 303 g/mol. The highest BCUT2D eigenvalue weighted by atomic mass is 32.2. The lowest BCUT2D eigenvalue weighted by Crippen LogP contribution is -2.44. The van der Waals surface area contributed by atoms with E-state index in [1.165, 1.54) is 39.8 Å². The fourth-order valence-corrected chi connectivity index (χ4v) is 3.84. The van der Waals surface area contributed by atoms with E-state index < -0.39 is 10.2 Å². The van der Waals surface area contributed by atoms with Gasteiger partial charge in [0.05, 0.1) is 0 Å². The number of likely N-dealkylation sites (tertiary alicyclic amines) is 1. The van der Waals surface area contributed by atoms with Gasteiger partial charge in [0, 0.05) is 39.1 Å². The molecule has 1 unspecified atom stereocenters. The standard InChI is InChI=1S/C13H25N3O3S/c1-15(2)20(18,19)14-11-9-13(17)16(10-11)12-7-5-3-4-6-8-12/h11-12,14H,3-10H2,1-2H3. The number of rotatable bonds is 4. The molecule has 20 heavy (non-hydrogen) atoms. The van der Waals surface area contributed by atoms with Gasteiger partial charge in [-0.3, -0.25) is 4.79 Å². The van der Waals surface area contributed by atoms with E-state index in [9.17, 15) is 13.2 Å². The summed E-state index contributed by atoms with van der Waals surface area (Å²) in [6, 6.07) is 0.0111. The zero-order valence-electron chi connectivity index (χ0n) is 12.3. The van der Waals surface area contributed by atoms with Gasteiger partial charge in [0.1, 0.15) is 0 Å². The molecule has 6 nitrogen and oxygen atoms in total. The summed E-state index contributed by atoms with van der Waals surface area (Å²) in [5.41, 5.74) is 0. The van der Waals surface area contributed by atoms with Gasteiger partial charge in [-0.1, -0.05) is 25.7 Å². The predicted molar refractivity (Wildman–Crippen MR) is 77.4 cm³/mol. The third kappa shape index (κ3) is 3.71. The van der Waals surface area contributed by atoms with E-state index in [-0.39, 0.29) is 18.4 Å². The summed E-state index contributed by atoms with van der Waals surface area (Å²) in [4.78, 5) is 14.0. The third-order valence-corrected chi connectivity index (χ3v) is 5.81. The predicted octanol–water partition coefficient (Wildman–Crippen LogP) is 0.706. The van der Waals surface area contributed by atoms with Gasteiger partial charge in [-0.25, -0.2) is 0 Å². The Hall–Kier alpha value is -0.660. The van der Waals surface area contributed by atoms with Crippen LogP contribution in [0.4, 0.5) is 0 Å². The van der Waals surface area contributed by atoms with Crippen LogP contribution in [0.15, 0.2) is 0 Å². The largest absolute Gasteiger partial charge is 0.338 e. The first-order valence-corrected chi connectivity index (χ1v) is 8.83. The molecule has 2 aliphatic rings. The van der Waals surface area contributed by atoms with E-state index in [0.717, 1.165) is 17.1 Å². The zero-order valence-corrected chi connectivity index (χ0v) is 13.2. The number of hydrogen-bond donors (Lipinski definition) is 1. The number of amides is 1. The lowest BCUT2D eigenvalue weighted by atomic mass is 10.1. The van der Waals surface area contributed by atoms with Crippen LogP contribution in [0, 0.1) is 0 Å². The summed E-state index contributed by atoms with van der Waals surface area (Å²) in [6.07, 6.45) is 7.22. The molecular weight excluding hydrogens is 278 g/mol. The molecule has 7 heteroatoms. The Morgan fingerprint density at radius 2 is 1.75 bits per heavy atom. The van der Waals surface area contributed by atoms with Crippen LogP contribution in [0.1, 0.15) is 44.9 Å². The highest BCUT2D eigenvalue weighted by Crippen LogP contribution is 2.26. The number of nitrogens with one attached hydrogen (secondary N) is 1. The van der Waals surface area contributed by atoms with Gasteiger partial charge in [0.25, 0.3) is 10.2 Å². The van der Waals surface area contributed by atoms with E-state index in [1.54, 1.807) is 0 Å². The molecule has 0 spiro atoms. The fraction of sp³-hybridized carbons (Fsp3) is 0.923. The smallest absolute Gasteiger partial charge is 0.279 e. The minimum atomic E-state index is -3.46. The van der Waals surface area contributed by atoms with Gasteiger partial charge in [0.2, 0.25) is 5.91 Å². The minimum absolute atomic E-state index is 0.0864. The molecule has 0 aromatic heterocycles. The summed E-state index contributed by atoms with van der Waals surface area (Å²) in [5.74, 6) is 0.0864. The maximum Gasteiger partial charge on any atom is 0.279 e. The first-order chi connectivity index (χ1) is 9.40. The van der Waals surface area contributed by atoms with Crippen LogP contribution in [-0.2, 0) is 15.0 Å². The van der Waals surface area contributed by atoms with Crippen LogP contribution in [0.3, 0.4) is 0 Å². The van der Waals surface area contributed by atoms with Gasteiger partial charge in [0.15, 0.2) is 0 Å². The monoisotopic (exact) mass is 303 g/mol. The normalized spacial score (nSPS) is 26.2. The molecule has 2 rings (SSSR count). The van der Waals surface area contributed by atoms with Crippen LogP contribution in [-0.4, -0.2) is 56.3 Å². The molecule has 0 aromatic carbocycles. The van der Waals surface area contributed by atoms with Gasteiger partial charge >= 0.3 is 0 Å². The molecule has 0 bridgehead atoms. The van der Waals surface area contributed by atoms with E-state index in [0.29, 0.717) is 12.6 Å². The topological polar surface area (TPSA) is 69.7 Å². The van der Waals surface area contributed by atoms with Crippen molar-refractivity contribution in [3.8, 4) is 0 Å². The summed E-state index contributed by atoms with van der Waals surface area (Å²) in [5, 5.41) is 0. The minimum Gasteiger partial charge on any atom is -0.338 e. The van der Waals surface area contributed by atoms with Crippen molar-refractivity contribution in [2.24, 2.45) is 0 Å². The Morgan fingerprint density at radius 3 is 2.30 bits per heavy atom. The van der Waals surface area contributed by atoms with Crippen LogP contribution in [0.25, 0.3) is 0 Å². The summed E-state index contributed by atoms with van der Waals surface area (Å²) in [7, 11) is -0.485. The molecule has 1 heterocycles. The number of carbonyl (C=O) groups excluding carboxylic acids is 1. The number of nitrogens with zero attached hydrogens (tertiary/aromatic N) is 2. The Morgan fingerprint density at radius 1 is 1.15 bits per heavy atom. The van der Waals surface area contributed by atoms with Crippen molar-refractivity contribution in [2.45, 2.75) is 57.0 Å². The molecule has 0 aromatic rings. The Bertz CT molecular complexity index is 442. The van der Waals surface area contributed by atoms with Crippen LogP contribution in [0.5, 0.6) is 0 Å². The number of carbonyl (C=O) groups is 1. The van der Waals surface area contributed by atoms with E-state index in [4.69, 9.17) is 0 Å². The fourth-order valence-electron chi connectivity index (χ4n) is 3.05. The average Bonchev–Trinajstić information content (AvgIpc) is 2.59. The first-order valence-electron chi connectivity index (χ1n) is 7.39. The second-order valence-electron chi connectivity index (χ2n) is 6.00. The Kier molecular flexibility index (Phi) is 5.04. The lowest BCUT2D eigenvalue weighted by Gasteiger charge is -2.27. The van der Waals surface area contributed by atoms with Gasteiger partial charge in [-0.05, 0) is 12.8 Å². The van der Waals surface area contributed by atoms with E-state index in [1.807, 2.05) is 4.90 Å². The van der Waals surface area contributed by atoms with Gasteiger partial charge in [-0.2, -0.15) is 17.4 Å². The van der Waals surface area contributed by atoms with Crippen molar-refractivity contribution in [1.82, 2.24) is 13.9 Å². The molecule has 2 fully saturated rings. The maximum atomic E-state index is 12.1.